The third-order valence-electron chi connectivity index (χ3n) is 9.00. The Labute approximate surface area is 263 Å². The van der Waals surface area contributed by atoms with E-state index in [0.717, 1.165) is 37.6 Å². The summed E-state index contributed by atoms with van der Waals surface area (Å²) in [6.45, 7) is 10.4. The molecular formula is C42H46O2. The van der Waals surface area contributed by atoms with E-state index in [1.165, 1.54) is 104 Å². The maximum atomic E-state index is 6.68. The number of aryl methyl sites for hydroxylation is 2. The van der Waals surface area contributed by atoms with Crippen molar-refractivity contribution < 1.29 is 9.47 Å². The lowest BCUT2D eigenvalue weighted by Gasteiger charge is -2.22. The zero-order valence-electron chi connectivity index (χ0n) is 27.0. The van der Waals surface area contributed by atoms with E-state index in [1.54, 1.807) is 0 Å². The molecule has 226 valence electrons. The van der Waals surface area contributed by atoms with Crippen LogP contribution in [0.2, 0.25) is 0 Å². The summed E-state index contributed by atoms with van der Waals surface area (Å²) >= 11 is 0. The molecule has 0 aliphatic carbocycles. The number of hydrogen-bond acceptors (Lipinski definition) is 2. The largest absolute Gasteiger partial charge is 0.492 e. The summed E-state index contributed by atoms with van der Waals surface area (Å²) in [7, 11) is 0. The molecule has 44 heavy (non-hydrogen) atoms. The molecule has 0 spiro atoms. The fourth-order valence-corrected chi connectivity index (χ4v) is 6.76. The average Bonchev–Trinajstić information content (AvgIpc) is 3.04. The van der Waals surface area contributed by atoms with Gasteiger partial charge in [0.15, 0.2) is 0 Å². The first-order chi connectivity index (χ1) is 21.6. The van der Waals surface area contributed by atoms with Gasteiger partial charge in [-0.15, -0.1) is 0 Å². The van der Waals surface area contributed by atoms with Crippen molar-refractivity contribution in [3.63, 3.8) is 0 Å². The molecule has 6 aromatic carbocycles. The predicted octanol–water partition coefficient (Wildman–Crippen LogP) is 12.5. The van der Waals surface area contributed by atoms with E-state index in [1.807, 2.05) is 0 Å². The van der Waals surface area contributed by atoms with Crippen molar-refractivity contribution in [1.29, 1.82) is 0 Å². The van der Waals surface area contributed by atoms with Crippen LogP contribution in [-0.4, -0.2) is 13.2 Å². The van der Waals surface area contributed by atoms with Gasteiger partial charge in [0.2, 0.25) is 0 Å². The molecular weight excluding hydrogens is 536 g/mol. The number of rotatable bonds is 13. The molecule has 0 aromatic heterocycles. The Morgan fingerprint density at radius 1 is 0.409 bits per heavy atom. The number of fused-ring (bicyclic) bond motifs is 4. The second kappa shape index (κ2) is 13.7. The Balaban J connectivity index is 1.64. The van der Waals surface area contributed by atoms with Gasteiger partial charge in [-0.05, 0) is 59.4 Å². The standard InChI is InChI=1S/C42H46O2/c1-5-7-9-15-25-43-41-33-19-13-11-17-31(33)39(37-27-29(3)21-23-35(37)41)40-32-18-12-14-20-34(32)42(44-26-16-10-8-6-2)36-24-22-30(4)28-38(36)40/h11-14,17-24,27-28H,5-10,15-16,25-26H2,1-4H3. The van der Waals surface area contributed by atoms with Crippen LogP contribution in [0.5, 0.6) is 11.5 Å². The van der Waals surface area contributed by atoms with Crippen LogP contribution >= 0.6 is 0 Å². The third-order valence-corrected chi connectivity index (χ3v) is 9.00. The second-order valence-corrected chi connectivity index (χ2v) is 12.4. The Bertz CT molecular complexity index is 1770. The summed E-state index contributed by atoms with van der Waals surface area (Å²) < 4.78 is 13.4. The molecule has 6 aromatic rings. The van der Waals surface area contributed by atoms with Crippen molar-refractivity contribution in [3.8, 4) is 22.6 Å². The van der Waals surface area contributed by atoms with Crippen LogP contribution in [0.3, 0.4) is 0 Å². The van der Waals surface area contributed by atoms with Gasteiger partial charge in [-0.3, -0.25) is 0 Å². The highest BCUT2D eigenvalue weighted by Gasteiger charge is 2.22. The lowest BCUT2D eigenvalue weighted by Crippen LogP contribution is -2.01. The molecule has 2 nitrogen and oxygen atoms in total. The summed E-state index contributed by atoms with van der Waals surface area (Å²) in [6.07, 6.45) is 9.51. The van der Waals surface area contributed by atoms with Crippen LogP contribution in [0, 0.1) is 13.8 Å². The first kappa shape index (κ1) is 30.0. The van der Waals surface area contributed by atoms with Crippen molar-refractivity contribution in [2.24, 2.45) is 0 Å². The van der Waals surface area contributed by atoms with Crippen LogP contribution in [-0.2, 0) is 0 Å². The zero-order chi connectivity index (χ0) is 30.5. The summed E-state index contributed by atoms with van der Waals surface area (Å²) in [6, 6.07) is 31.4. The molecule has 0 radical (unpaired) electrons. The van der Waals surface area contributed by atoms with E-state index >= 15 is 0 Å². The summed E-state index contributed by atoms with van der Waals surface area (Å²) in [5, 5.41) is 9.67. The smallest absolute Gasteiger partial charge is 0.134 e. The van der Waals surface area contributed by atoms with Crippen LogP contribution in [0.1, 0.15) is 76.3 Å². The maximum Gasteiger partial charge on any atom is 0.134 e. The highest BCUT2D eigenvalue weighted by Crippen LogP contribution is 2.50. The molecule has 0 atom stereocenters. The van der Waals surface area contributed by atoms with Gasteiger partial charge in [0.25, 0.3) is 0 Å². The molecule has 0 unspecified atom stereocenters. The fraction of sp³-hybridized carbons (Fsp3) is 0.333. The summed E-state index contributed by atoms with van der Waals surface area (Å²) in [5.74, 6) is 2.01. The van der Waals surface area contributed by atoms with E-state index in [-0.39, 0.29) is 0 Å². The monoisotopic (exact) mass is 582 g/mol. The minimum absolute atomic E-state index is 0.738. The molecule has 0 saturated heterocycles. The third kappa shape index (κ3) is 5.87. The topological polar surface area (TPSA) is 18.5 Å². The number of benzene rings is 6. The van der Waals surface area contributed by atoms with Crippen molar-refractivity contribution in [2.75, 3.05) is 13.2 Å². The molecule has 0 saturated carbocycles. The van der Waals surface area contributed by atoms with Gasteiger partial charge in [-0.2, -0.15) is 0 Å². The maximum absolute atomic E-state index is 6.68. The summed E-state index contributed by atoms with van der Waals surface area (Å²) in [4.78, 5) is 0. The second-order valence-electron chi connectivity index (χ2n) is 12.4. The van der Waals surface area contributed by atoms with Gasteiger partial charge >= 0.3 is 0 Å². The van der Waals surface area contributed by atoms with Crippen molar-refractivity contribution in [3.05, 3.63) is 96.1 Å². The van der Waals surface area contributed by atoms with E-state index in [4.69, 9.17) is 9.47 Å². The number of unbranched alkanes of at least 4 members (excludes halogenated alkanes) is 6. The lowest BCUT2D eigenvalue weighted by molar-refractivity contribution is 0.311. The van der Waals surface area contributed by atoms with Crippen LogP contribution in [0.25, 0.3) is 54.2 Å². The quantitative estimate of drug-likeness (QED) is 0.0996. The van der Waals surface area contributed by atoms with Crippen LogP contribution < -0.4 is 9.47 Å². The Morgan fingerprint density at radius 3 is 1.20 bits per heavy atom. The lowest BCUT2D eigenvalue weighted by atomic mass is 9.84. The van der Waals surface area contributed by atoms with Crippen molar-refractivity contribution >= 4 is 43.1 Å². The van der Waals surface area contributed by atoms with Gasteiger partial charge in [-0.25, -0.2) is 0 Å². The van der Waals surface area contributed by atoms with Crippen molar-refractivity contribution in [2.45, 2.75) is 79.1 Å². The van der Waals surface area contributed by atoms with E-state index < -0.39 is 0 Å². The Morgan fingerprint density at radius 2 is 0.795 bits per heavy atom. The molecule has 0 aliphatic rings. The minimum atomic E-state index is 0.738. The van der Waals surface area contributed by atoms with Crippen molar-refractivity contribution in [1.82, 2.24) is 0 Å². The Kier molecular flexibility index (Phi) is 9.36. The first-order valence-electron chi connectivity index (χ1n) is 16.8. The van der Waals surface area contributed by atoms with Crippen LogP contribution in [0.15, 0.2) is 84.9 Å². The van der Waals surface area contributed by atoms with Gasteiger partial charge in [-0.1, -0.05) is 148 Å². The SMILES string of the molecule is CCCCCCOc1c2ccccc2c(-c2c3ccccc3c(OCCCCCC)c3ccc(C)cc23)c2cc(C)ccc12. The number of ether oxygens (including phenoxy) is 2. The molecule has 0 fully saturated rings. The molecule has 0 amide bonds. The minimum Gasteiger partial charge on any atom is -0.492 e. The molecule has 6 rings (SSSR count). The Hall–Kier alpha value is -4.04. The molecule has 0 N–H and O–H groups in total. The predicted molar refractivity (Wildman–Crippen MR) is 191 cm³/mol. The normalized spacial score (nSPS) is 11.6. The fourth-order valence-electron chi connectivity index (χ4n) is 6.76. The summed E-state index contributed by atoms with van der Waals surface area (Å²) in [5.41, 5.74) is 5.05. The molecule has 0 aliphatic heterocycles. The molecule has 0 heterocycles. The van der Waals surface area contributed by atoms with Crippen LogP contribution in [0.4, 0.5) is 0 Å². The van der Waals surface area contributed by atoms with Gasteiger partial charge in [0, 0.05) is 21.5 Å². The van der Waals surface area contributed by atoms with E-state index in [9.17, 15) is 0 Å². The van der Waals surface area contributed by atoms with E-state index in [0.29, 0.717) is 0 Å². The zero-order valence-corrected chi connectivity index (χ0v) is 27.0. The molecule has 2 heteroatoms. The van der Waals surface area contributed by atoms with Gasteiger partial charge < -0.3 is 9.47 Å². The van der Waals surface area contributed by atoms with Gasteiger partial charge in [0.05, 0.1) is 13.2 Å². The van der Waals surface area contributed by atoms with Gasteiger partial charge in [0.1, 0.15) is 11.5 Å². The number of hydrogen-bond donors (Lipinski definition) is 0. The van der Waals surface area contributed by atoms with E-state index in [2.05, 4.69) is 113 Å². The highest BCUT2D eigenvalue weighted by atomic mass is 16.5. The molecule has 0 bridgehead atoms. The first-order valence-corrected chi connectivity index (χ1v) is 16.8. The highest BCUT2D eigenvalue weighted by molar-refractivity contribution is 6.26. The average molecular weight is 583 g/mol.